The Morgan fingerprint density at radius 1 is 0.725 bits per heavy atom. The highest BCUT2D eigenvalue weighted by atomic mass is 19.1. The van der Waals surface area contributed by atoms with Crippen molar-refractivity contribution < 1.29 is 33.0 Å². The maximum atomic E-state index is 14.0. The number of alkyl halides is 1. The van der Waals surface area contributed by atoms with E-state index in [4.69, 9.17) is 15.2 Å². The first kappa shape index (κ1) is 30.7. The third-order valence-electron chi connectivity index (χ3n) is 7.89. The lowest BCUT2D eigenvalue weighted by Crippen LogP contribution is -2.71. The number of methoxy groups -OCH3 is 2. The Hall–Kier alpha value is -3.79. The molecule has 10 heteroatoms. The summed E-state index contributed by atoms with van der Waals surface area (Å²) in [7, 11) is 3.16. The van der Waals surface area contributed by atoms with Crippen molar-refractivity contribution in [3.63, 3.8) is 0 Å². The number of carbonyl (C=O) groups excluding carboxylic acids is 4. The monoisotopic (exact) mass is 555 g/mol. The van der Waals surface area contributed by atoms with E-state index in [-0.39, 0.29) is 70.3 Å². The summed E-state index contributed by atoms with van der Waals surface area (Å²) in [6.45, 7) is 0.418. The van der Waals surface area contributed by atoms with Gasteiger partial charge in [-0.25, -0.2) is 4.39 Å². The fourth-order valence-corrected chi connectivity index (χ4v) is 5.52. The topological polar surface area (TPSA) is 119 Å². The van der Waals surface area contributed by atoms with Gasteiger partial charge < -0.3 is 15.2 Å². The quantitative estimate of drug-likeness (QED) is 0.541. The first-order valence-electron chi connectivity index (χ1n) is 12.5. The van der Waals surface area contributed by atoms with E-state index >= 15 is 0 Å². The van der Waals surface area contributed by atoms with Crippen molar-refractivity contribution in [2.45, 2.75) is 64.8 Å². The van der Waals surface area contributed by atoms with Crippen LogP contribution in [0.4, 0.5) is 4.39 Å². The Labute approximate surface area is 234 Å². The van der Waals surface area contributed by atoms with Gasteiger partial charge in [-0.3, -0.25) is 29.0 Å². The number of piperidine rings is 4. The van der Waals surface area contributed by atoms with E-state index in [0.717, 1.165) is 21.8 Å². The van der Waals surface area contributed by atoms with Gasteiger partial charge in [0.1, 0.15) is 11.5 Å². The first-order chi connectivity index (χ1) is 18.1. The molecule has 40 heavy (non-hydrogen) atoms. The van der Waals surface area contributed by atoms with Crippen molar-refractivity contribution in [3.05, 3.63) is 59.7 Å². The molecule has 0 aromatic heterocycles. The summed E-state index contributed by atoms with van der Waals surface area (Å²) in [5.74, 6) is -0.204. The summed E-state index contributed by atoms with van der Waals surface area (Å²) in [5, 5.41) is 0. The Kier molecular flexibility index (Phi) is 8.74. The van der Waals surface area contributed by atoms with Crippen LogP contribution >= 0.6 is 0 Å². The largest absolute Gasteiger partial charge is 0.497 e. The van der Waals surface area contributed by atoms with Crippen LogP contribution in [0.5, 0.6) is 11.5 Å². The number of benzene rings is 2. The van der Waals surface area contributed by atoms with Gasteiger partial charge in [0, 0.05) is 24.7 Å². The molecule has 216 valence electrons. The van der Waals surface area contributed by atoms with Crippen LogP contribution in [0.1, 0.15) is 51.7 Å². The number of hydrogen-bond acceptors (Lipinski definition) is 7. The van der Waals surface area contributed by atoms with Gasteiger partial charge in [-0.1, -0.05) is 39.1 Å². The lowest BCUT2D eigenvalue weighted by atomic mass is 9.64. The van der Waals surface area contributed by atoms with E-state index in [1.54, 1.807) is 38.5 Å². The van der Waals surface area contributed by atoms with Crippen LogP contribution < -0.4 is 15.2 Å². The summed E-state index contributed by atoms with van der Waals surface area (Å²) in [6.07, 6.45) is 1.13. The number of nitrogens with zero attached hydrogens (tertiary/aromatic N) is 2. The third-order valence-corrected chi connectivity index (χ3v) is 7.89. The van der Waals surface area contributed by atoms with E-state index in [9.17, 15) is 23.6 Å². The zero-order valence-corrected chi connectivity index (χ0v) is 21.3. The molecule has 4 amide bonds. The number of ether oxygens (including phenoxy) is 2. The first-order valence-corrected chi connectivity index (χ1v) is 12.5. The maximum absolute atomic E-state index is 14.0. The number of imide groups is 2. The van der Waals surface area contributed by atoms with Gasteiger partial charge >= 0.3 is 0 Å². The molecule has 0 spiro atoms. The number of rotatable bonds is 6. The predicted octanol–water partition coefficient (Wildman–Crippen LogP) is 3.63. The minimum atomic E-state index is -1.80. The average molecular weight is 556 g/mol. The van der Waals surface area contributed by atoms with Crippen molar-refractivity contribution >= 4 is 23.6 Å². The van der Waals surface area contributed by atoms with Crippen LogP contribution in [-0.4, -0.2) is 58.9 Å². The molecular weight excluding hydrogens is 517 g/mol. The predicted molar refractivity (Wildman–Crippen MR) is 147 cm³/mol. The van der Waals surface area contributed by atoms with Gasteiger partial charge in [-0.05, 0) is 48.2 Å². The summed E-state index contributed by atoms with van der Waals surface area (Å²) in [4.78, 5) is 50.5. The fraction of sp³-hybridized carbons (Fsp3) is 0.467. The standard InChI is InChI=1S/C14H14FNO3.C14H16N2O3.2CH4/c2*1-19-11-4-2-9(3-5-11)8-16-12(17)10-6-14(15,7-10)13(16)18;;/h2-5,10H,6-8H2,1H3;2-5,10H,6-8,15H2,1H3;2*1H4. The molecule has 2 N–H and O–H groups in total. The third kappa shape index (κ3) is 5.32. The molecule has 2 saturated carbocycles. The zero-order valence-electron chi connectivity index (χ0n) is 21.3. The SMILES string of the molecule is C.C.COc1ccc(CN2C(=O)C3CC(F)(C3)C2=O)cc1.COc1ccc(CN2C(=O)C3CC(N)(C3)C2=O)cc1. The molecule has 4 aliphatic heterocycles. The molecule has 0 atom stereocenters. The molecule has 6 fully saturated rings. The van der Waals surface area contributed by atoms with E-state index in [1.165, 1.54) is 4.90 Å². The number of amides is 4. The number of nitrogens with two attached hydrogens (primary N) is 1. The highest BCUT2D eigenvalue weighted by Gasteiger charge is 2.62. The molecule has 2 aliphatic carbocycles. The molecule has 4 bridgehead atoms. The molecule has 2 aromatic carbocycles. The van der Waals surface area contributed by atoms with Gasteiger partial charge in [-0.15, -0.1) is 0 Å². The minimum absolute atomic E-state index is 0. The van der Waals surface area contributed by atoms with Crippen LogP contribution in [0.3, 0.4) is 0 Å². The normalized spacial score (nSPS) is 27.7. The molecule has 9 nitrogen and oxygen atoms in total. The van der Waals surface area contributed by atoms with Gasteiger partial charge in [-0.2, -0.15) is 0 Å². The highest BCUT2D eigenvalue weighted by Crippen LogP contribution is 2.48. The van der Waals surface area contributed by atoms with E-state index in [1.807, 2.05) is 24.3 Å². The number of halogens is 1. The molecule has 0 unspecified atom stereocenters. The second kappa shape index (κ2) is 11.4. The van der Waals surface area contributed by atoms with E-state index in [0.29, 0.717) is 18.6 Å². The summed E-state index contributed by atoms with van der Waals surface area (Å²) < 4.78 is 24.1. The number of carbonyl (C=O) groups is 4. The molecule has 4 saturated heterocycles. The number of fused-ring (bicyclic) bond motifs is 4. The maximum Gasteiger partial charge on any atom is 0.267 e. The van der Waals surface area contributed by atoms with Gasteiger partial charge in [0.2, 0.25) is 17.7 Å². The Balaban J connectivity index is 0.000000210. The smallest absolute Gasteiger partial charge is 0.267 e. The van der Waals surface area contributed by atoms with Gasteiger partial charge in [0.25, 0.3) is 5.91 Å². The molecule has 4 heterocycles. The van der Waals surface area contributed by atoms with Crippen LogP contribution in [0.2, 0.25) is 0 Å². The summed E-state index contributed by atoms with van der Waals surface area (Å²) in [5.41, 5.74) is 5.06. The van der Waals surface area contributed by atoms with Crippen molar-refractivity contribution in [1.29, 1.82) is 0 Å². The highest BCUT2D eigenvalue weighted by molar-refractivity contribution is 6.07. The average Bonchev–Trinajstić information content (AvgIpc) is 2.89. The van der Waals surface area contributed by atoms with Crippen LogP contribution in [0, 0.1) is 11.8 Å². The molecule has 0 radical (unpaired) electrons. The molecule has 6 aliphatic rings. The lowest BCUT2D eigenvalue weighted by Gasteiger charge is -2.51. The van der Waals surface area contributed by atoms with Gasteiger partial charge in [0.15, 0.2) is 5.67 Å². The Morgan fingerprint density at radius 2 is 1.10 bits per heavy atom. The van der Waals surface area contributed by atoms with E-state index < -0.39 is 17.1 Å². The Morgan fingerprint density at radius 3 is 1.50 bits per heavy atom. The molecule has 8 rings (SSSR count). The van der Waals surface area contributed by atoms with Crippen molar-refractivity contribution in [3.8, 4) is 11.5 Å². The van der Waals surface area contributed by atoms with Crippen molar-refractivity contribution in [2.75, 3.05) is 14.2 Å². The van der Waals surface area contributed by atoms with Crippen LogP contribution in [-0.2, 0) is 32.3 Å². The van der Waals surface area contributed by atoms with Crippen molar-refractivity contribution in [1.82, 2.24) is 9.80 Å². The van der Waals surface area contributed by atoms with Crippen LogP contribution in [0.25, 0.3) is 0 Å². The Bertz CT molecular complexity index is 1170. The fourth-order valence-electron chi connectivity index (χ4n) is 5.52. The second-order valence-corrected chi connectivity index (χ2v) is 10.5. The second-order valence-electron chi connectivity index (χ2n) is 10.5. The van der Waals surface area contributed by atoms with Crippen LogP contribution in [0.15, 0.2) is 48.5 Å². The molecular formula is C30H38FN3O6. The minimum Gasteiger partial charge on any atom is -0.497 e. The van der Waals surface area contributed by atoms with Gasteiger partial charge in [0.05, 0.1) is 32.8 Å². The molecule has 2 aromatic rings. The number of hydrogen-bond donors (Lipinski definition) is 1. The lowest BCUT2D eigenvalue weighted by molar-refractivity contribution is -0.180. The van der Waals surface area contributed by atoms with E-state index in [2.05, 4.69) is 0 Å². The summed E-state index contributed by atoms with van der Waals surface area (Å²) in [6, 6.07) is 14.4. The summed E-state index contributed by atoms with van der Waals surface area (Å²) >= 11 is 0. The van der Waals surface area contributed by atoms with Crippen molar-refractivity contribution in [2.24, 2.45) is 17.6 Å². The zero-order chi connectivity index (χ0) is 27.2.